The molecule has 27 heavy (non-hydrogen) atoms. The van der Waals surface area contributed by atoms with Crippen LogP contribution in [0.4, 0.5) is 0 Å². The Morgan fingerprint density at radius 3 is 2.89 bits per heavy atom. The molecule has 0 bridgehead atoms. The normalized spacial score (nSPS) is 13.6. The lowest BCUT2D eigenvalue weighted by Gasteiger charge is -2.19. The van der Waals surface area contributed by atoms with E-state index in [1.807, 2.05) is 31.2 Å². The predicted octanol–water partition coefficient (Wildman–Crippen LogP) is 3.78. The molecular weight excluding hydrogens is 366 g/mol. The summed E-state index contributed by atoms with van der Waals surface area (Å²) >= 11 is 6.09. The van der Waals surface area contributed by atoms with Crippen molar-refractivity contribution in [1.29, 1.82) is 0 Å². The molecule has 0 saturated carbocycles. The number of phenols is 1. The van der Waals surface area contributed by atoms with Gasteiger partial charge in [-0.05, 0) is 42.3 Å². The van der Waals surface area contributed by atoms with Crippen molar-refractivity contribution < 1.29 is 14.6 Å². The predicted molar refractivity (Wildman–Crippen MR) is 102 cm³/mol. The Bertz CT molecular complexity index is 1020. The summed E-state index contributed by atoms with van der Waals surface area (Å²) in [5, 5.41) is 11.1. The van der Waals surface area contributed by atoms with Crippen molar-refractivity contribution in [3.05, 3.63) is 64.7 Å². The van der Waals surface area contributed by atoms with Crippen LogP contribution in [0.3, 0.4) is 0 Å². The highest BCUT2D eigenvalue weighted by atomic mass is 35.5. The smallest absolute Gasteiger partial charge is 0.274 e. The first-order valence-corrected chi connectivity index (χ1v) is 8.94. The van der Waals surface area contributed by atoms with E-state index in [0.29, 0.717) is 36.2 Å². The summed E-state index contributed by atoms with van der Waals surface area (Å²) in [6, 6.07) is 11.0. The van der Waals surface area contributed by atoms with Gasteiger partial charge >= 0.3 is 0 Å². The largest absolute Gasteiger partial charge is 0.504 e. The Balaban J connectivity index is 1.71. The number of H-pyrrole nitrogens is 1. The number of amides is 1. The Morgan fingerprint density at radius 1 is 1.30 bits per heavy atom. The molecule has 6 nitrogen and oxygen atoms in total. The number of nitrogens with zero attached hydrogens (tertiary/aromatic N) is 2. The molecule has 1 aliphatic rings. The Kier molecular flexibility index (Phi) is 4.49. The van der Waals surface area contributed by atoms with E-state index in [2.05, 4.69) is 9.97 Å². The van der Waals surface area contributed by atoms with Crippen LogP contribution >= 0.6 is 11.6 Å². The molecule has 7 heteroatoms. The molecule has 0 radical (unpaired) electrons. The van der Waals surface area contributed by atoms with Gasteiger partial charge in [-0.2, -0.15) is 0 Å². The summed E-state index contributed by atoms with van der Waals surface area (Å²) in [5.74, 6) is 0.292. The average molecular weight is 384 g/mol. The second-order valence-electron chi connectivity index (χ2n) is 6.45. The van der Waals surface area contributed by atoms with Gasteiger partial charge < -0.3 is 19.7 Å². The number of nitrogens with one attached hydrogen (secondary N) is 1. The molecule has 0 atom stereocenters. The van der Waals surface area contributed by atoms with E-state index >= 15 is 0 Å². The number of imidazole rings is 1. The van der Waals surface area contributed by atoms with Crippen molar-refractivity contribution in [2.24, 2.45) is 0 Å². The van der Waals surface area contributed by atoms with Crippen LogP contribution in [0.2, 0.25) is 5.02 Å². The van der Waals surface area contributed by atoms with Gasteiger partial charge in [0.15, 0.2) is 11.5 Å². The lowest BCUT2D eigenvalue weighted by atomic mass is 10.0. The molecular formula is C20H18ClN3O3. The van der Waals surface area contributed by atoms with Gasteiger partial charge in [0, 0.05) is 22.8 Å². The minimum atomic E-state index is -0.169. The average Bonchev–Trinajstić information content (AvgIpc) is 2.95. The maximum absolute atomic E-state index is 12.8. The van der Waals surface area contributed by atoms with Crippen molar-refractivity contribution in [1.82, 2.24) is 14.9 Å². The Hall–Kier alpha value is -2.99. The van der Waals surface area contributed by atoms with E-state index in [1.54, 1.807) is 17.0 Å². The summed E-state index contributed by atoms with van der Waals surface area (Å²) in [7, 11) is 0. The molecule has 1 aliphatic heterocycles. The van der Waals surface area contributed by atoms with Gasteiger partial charge in [0.2, 0.25) is 0 Å². The molecule has 2 N–H and O–H groups in total. The number of benzene rings is 2. The zero-order chi connectivity index (χ0) is 19.0. The van der Waals surface area contributed by atoms with Crippen LogP contribution in [-0.2, 0) is 6.54 Å². The first kappa shape index (κ1) is 17.4. The van der Waals surface area contributed by atoms with Gasteiger partial charge in [-0.3, -0.25) is 4.79 Å². The first-order chi connectivity index (χ1) is 13.0. The maximum atomic E-state index is 12.8. The lowest BCUT2D eigenvalue weighted by molar-refractivity contribution is 0.0727. The van der Waals surface area contributed by atoms with Crippen LogP contribution in [0.1, 0.15) is 21.7 Å². The van der Waals surface area contributed by atoms with Gasteiger partial charge in [-0.25, -0.2) is 4.98 Å². The van der Waals surface area contributed by atoms with E-state index in [9.17, 15) is 9.90 Å². The number of aromatic amines is 1. The molecule has 3 aromatic rings. The number of hydrogen-bond acceptors (Lipinski definition) is 4. The van der Waals surface area contributed by atoms with E-state index in [-0.39, 0.29) is 11.7 Å². The zero-order valence-electron chi connectivity index (χ0n) is 14.7. The molecule has 1 amide bonds. The minimum Gasteiger partial charge on any atom is -0.504 e. The number of phenolic OH excluding ortho intramolecular Hbond substituents is 1. The third-order valence-corrected chi connectivity index (χ3v) is 4.83. The first-order valence-electron chi connectivity index (χ1n) is 8.57. The molecule has 138 valence electrons. The monoisotopic (exact) mass is 383 g/mol. The number of fused-ring (bicyclic) bond motifs is 1. The van der Waals surface area contributed by atoms with Crippen LogP contribution in [-0.4, -0.2) is 39.0 Å². The fourth-order valence-corrected chi connectivity index (χ4v) is 3.42. The van der Waals surface area contributed by atoms with Crippen LogP contribution in [0.5, 0.6) is 11.5 Å². The highest BCUT2D eigenvalue weighted by Crippen LogP contribution is 2.38. The summed E-state index contributed by atoms with van der Waals surface area (Å²) < 4.78 is 5.72. The van der Waals surface area contributed by atoms with Crippen LogP contribution in [0.25, 0.3) is 11.1 Å². The van der Waals surface area contributed by atoms with E-state index in [0.717, 1.165) is 22.4 Å². The number of hydrogen-bond donors (Lipinski definition) is 2. The van der Waals surface area contributed by atoms with E-state index in [1.165, 1.54) is 6.33 Å². The summed E-state index contributed by atoms with van der Waals surface area (Å²) in [6.45, 7) is 2.84. The molecule has 0 fully saturated rings. The van der Waals surface area contributed by atoms with Crippen molar-refractivity contribution >= 4 is 17.5 Å². The van der Waals surface area contributed by atoms with Gasteiger partial charge in [0.05, 0.1) is 12.9 Å². The fourth-order valence-electron chi connectivity index (χ4n) is 3.23. The van der Waals surface area contributed by atoms with Crippen molar-refractivity contribution in [3.8, 4) is 22.6 Å². The number of aryl methyl sites for hydroxylation is 1. The zero-order valence-corrected chi connectivity index (χ0v) is 15.5. The van der Waals surface area contributed by atoms with Gasteiger partial charge in [-0.15, -0.1) is 0 Å². The SMILES string of the molecule is Cc1[nH]cnc1C(=O)N1CCOc2c(O)cc(-c3cccc(Cl)c3)cc2C1. The number of ether oxygens (including phenoxy) is 1. The number of halogens is 1. The second-order valence-corrected chi connectivity index (χ2v) is 6.88. The summed E-state index contributed by atoms with van der Waals surface area (Å²) in [4.78, 5) is 21.6. The van der Waals surface area contributed by atoms with Crippen LogP contribution < -0.4 is 4.74 Å². The summed E-state index contributed by atoms with van der Waals surface area (Å²) in [5.41, 5.74) is 3.55. The Morgan fingerprint density at radius 2 is 2.15 bits per heavy atom. The second kappa shape index (κ2) is 6.96. The highest BCUT2D eigenvalue weighted by molar-refractivity contribution is 6.30. The standard InChI is InChI=1S/C20H18ClN3O3/c1-12-18(23-11-22-12)20(26)24-5-6-27-19-15(10-24)7-14(9-17(19)25)13-3-2-4-16(21)8-13/h2-4,7-9,11,25H,5-6,10H2,1H3,(H,22,23). The maximum Gasteiger partial charge on any atom is 0.274 e. The van der Waals surface area contributed by atoms with Crippen molar-refractivity contribution in [2.75, 3.05) is 13.2 Å². The van der Waals surface area contributed by atoms with E-state index in [4.69, 9.17) is 16.3 Å². The number of aromatic nitrogens is 2. The van der Waals surface area contributed by atoms with Crippen molar-refractivity contribution in [2.45, 2.75) is 13.5 Å². The van der Waals surface area contributed by atoms with Gasteiger partial charge in [0.1, 0.15) is 12.3 Å². The molecule has 0 saturated heterocycles. The molecule has 1 aromatic heterocycles. The quantitative estimate of drug-likeness (QED) is 0.706. The highest BCUT2D eigenvalue weighted by Gasteiger charge is 2.25. The number of carbonyl (C=O) groups excluding carboxylic acids is 1. The lowest BCUT2D eigenvalue weighted by Crippen LogP contribution is -2.33. The molecule has 2 heterocycles. The summed E-state index contributed by atoms with van der Waals surface area (Å²) in [6.07, 6.45) is 1.51. The molecule has 0 aliphatic carbocycles. The van der Waals surface area contributed by atoms with Crippen LogP contribution in [0.15, 0.2) is 42.7 Å². The fraction of sp³-hybridized carbons (Fsp3) is 0.200. The van der Waals surface area contributed by atoms with Gasteiger partial charge in [-0.1, -0.05) is 23.7 Å². The molecule has 0 spiro atoms. The number of rotatable bonds is 2. The Labute approximate surface area is 161 Å². The topological polar surface area (TPSA) is 78.5 Å². The third-order valence-electron chi connectivity index (χ3n) is 4.59. The molecule has 0 unspecified atom stereocenters. The van der Waals surface area contributed by atoms with Gasteiger partial charge in [0.25, 0.3) is 5.91 Å². The van der Waals surface area contributed by atoms with Crippen LogP contribution in [0, 0.1) is 6.92 Å². The number of aromatic hydroxyl groups is 1. The molecule has 2 aromatic carbocycles. The minimum absolute atomic E-state index is 0.0488. The molecule has 4 rings (SSSR count). The van der Waals surface area contributed by atoms with Crippen molar-refractivity contribution in [3.63, 3.8) is 0 Å². The number of carbonyl (C=O) groups is 1. The van der Waals surface area contributed by atoms with E-state index < -0.39 is 0 Å². The third kappa shape index (κ3) is 3.36.